The number of fused-ring (bicyclic) bond motifs is 1. The second kappa shape index (κ2) is 8.64. The quantitative estimate of drug-likeness (QED) is 0.234. The van der Waals surface area contributed by atoms with Gasteiger partial charge >= 0.3 is 0 Å². The molecule has 0 aliphatic rings. The highest BCUT2D eigenvalue weighted by atomic mass is 32.2. The Morgan fingerprint density at radius 3 is 2.47 bits per heavy atom. The second-order valence-electron chi connectivity index (χ2n) is 6.94. The van der Waals surface area contributed by atoms with Gasteiger partial charge in [0, 0.05) is 16.7 Å². The van der Waals surface area contributed by atoms with E-state index < -0.39 is 5.82 Å². The molecule has 0 amide bonds. The van der Waals surface area contributed by atoms with E-state index in [9.17, 15) is 13.6 Å². The number of aromatic nitrogens is 3. The van der Waals surface area contributed by atoms with Crippen molar-refractivity contribution in [1.29, 1.82) is 0 Å². The highest BCUT2D eigenvalue weighted by molar-refractivity contribution is 7.98. The van der Waals surface area contributed by atoms with Gasteiger partial charge in [0.05, 0.1) is 22.3 Å². The summed E-state index contributed by atoms with van der Waals surface area (Å²) in [4.78, 5) is 22.5. The minimum Gasteiger partial charge on any atom is -0.268 e. The molecule has 2 aromatic heterocycles. The lowest BCUT2D eigenvalue weighted by molar-refractivity contribution is 0.608. The zero-order valence-corrected chi connectivity index (χ0v) is 18.2. The summed E-state index contributed by atoms with van der Waals surface area (Å²) in [6.45, 7) is 0. The number of rotatable bonds is 5. The van der Waals surface area contributed by atoms with E-state index in [1.807, 2.05) is 11.4 Å². The van der Waals surface area contributed by atoms with Gasteiger partial charge in [0.15, 0.2) is 5.16 Å². The van der Waals surface area contributed by atoms with Gasteiger partial charge in [0.2, 0.25) is 0 Å². The molecule has 0 spiro atoms. The summed E-state index contributed by atoms with van der Waals surface area (Å²) < 4.78 is 29.1. The first-order valence-electron chi connectivity index (χ1n) is 9.70. The van der Waals surface area contributed by atoms with E-state index in [2.05, 4.69) is 9.97 Å². The second-order valence-corrected chi connectivity index (χ2v) is 8.74. The maximum absolute atomic E-state index is 14.6. The predicted molar refractivity (Wildman–Crippen MR) is 124 cm³/mol. The van der Waals surface area contributed by atoms with Crippen molar-refractivity contribution in [3.8, 4) is 16.3 Å². The minimum atomic E-state index is -0.499. The van der Waals surface area contributed by atoms with Crippen LogP contribution in [0.3, 0.4) is 0 Å². The monoisotopic (exact) mass is 463 g/mol. The smallest absolute Gasteiger partial charge is 0.266 e. The molecule has 32 heavy (non-hydrogen) atoms. The number of para-hydroxylation sites is 2. The molecule has 5 rings (SSSR count). The number of hydrogen-bond donors (Lipinski definition) is 0. The van der Waals surface area contributed by atoms with Crippen LogP contribution in [0.4, 0.5) is 8.78 Å². The molecule has 158 valence electrons. The largest absolute Gasteiger partial charge is 0.268 e. The predicted octanol–water partition coefficient (Wildman–Crippen LogP) is 6.08. The molecule has 0 aliphatic carbocycles. The zero-order chi connectivity index (χ0) is 22.1. The maximum atomic E-state index is 14.6. The van der Waals surface area contributed by atoms with Gasteiger partial charge in [-0.05, 0) is 48.5 Å². The lowest BCUT2D eigenvalue weighted by atomic mass is 10.2. The van der Waals surface area contributed by atoms with E-state index in [4.69, 9.17) is 0 Å². The molecular formula is C24H15F2N3OS2. The molecule has 8 heteroatoms. The number of hydrogen-bond acceptors (Lipinski definition) is 5. The Kier molecular flexibility index (Phi) is 5.55. The van der Waals surface area contributed by atoms with Crippen molar-refractivity contribution in [2.45, 2.75) is 10.9 Å². The average Bonchev–Trinajstić information content (AvgIpc) is 3.28. The molecule has 0 aliphatic heterocycles. The highest BCUT2D eigenvalue weighted by Gasteiger charge is 2.16. The van der Waals surface area contributed by atoms with Crippen molar-refractivity contribution in [3.63, 3.8) is 0 Å². The molecule has 0 saturated heterocycles. The van der Waals surface area contributed by atoms with Gasteiger partial charge in [-0.25, -0.2) is 18.7 Å². The molecule has 0 N–H and O–H groups in total. The third-order valence-electron chi connectivity index (χ3n) is 4.83. The van der Waals surface area contributed by atoms with E-state index in [0.29, 0.717) is 21.8 Å². The van der Waals surface area contributed by atoms with Gasteiger partial charge in [0.1, 0.15) is 16.6 Å². The Morgan fingerprint density at radius 1 is 0.906 bits per heavy atom. The minimum absolute atomic E-state index is 0.156. The molecule has 5 aromatic rings. The van der Waals surface area contributed by atoms with Crippen molar-refractivity contribution < 1.29 is 8.78 Å². The molecular weight excluding hydrogens is 448 g/mol. The fourth-order valence-corrected chi connectivity index (χ4v) is 5.12. The first kappa shape index (κ1) is 20.5. The molecule has 0 atom stereocenters. The summed E-state index contributed by atoms with van der Waals surface area (Å²) >= 11 is 2.77. The van der Waals surface area contributed by atoms with Gasteiger partial charge < -0.3 is 0 Å². The fourth-order valence-electron chi connectivity index (χ4n) is 3.29. The molecule has 0 bridgehead atoms. The van der Waals surface area contributed by atoms with Gasteiger partial charge in [-0.1, -0.05) is 36.0 Å². The molecule has 0 saturated carbocycles. The lowest BCUT2D eigenvalue weighted by Gasteiger charge is -2.13. The van der Waals surface area contributed by atoms with Crippen LogP contribution in [0.25, 0.3) is 27.2 Å². The van der Waals surface area contributed by atoms with E-state index >= 15 is 0 Å². The first-order chi connectivity index (χ1) is 15.6. The number of thioether (sulfide) groups is 1. The summed E-state index contributed by atoms with van der Waals surface area (Å²) in [5.41, 5.74) is 2.01. The van der Waals surface area contributed by atoms with Crippen molar-refractivity contribution in [2.24, 2.45) is 0 Å². The Hall–Kier alpha value is -3.36. The standard InChI is InChI=1S/C24H15F2N3OS2/c25-16-11-9-15(10-12-16)22-27-17(13-31-22)14-32-24-28-20-7-3-1-5-18(20)23(30)29(24)21-8-4-2-6-19(21)26/h1-13H,14H2. The Balaban J connectivity index is 1.52. The molecule has 2 heterocycles. The SMILES string of the molecule is O=c1c2ccccc2nc(SCc2csc(-c3ccc(F)cc3)n2)n1-c1ccccc1F. The summed E-state index contributed by atoms with van der Waals surface area (Å²) in [6.07, 6.45) is 0. The third kappa shape index (κ3) is 3.94. The number of nitrogens with zero attached hydrogens (tertiary/aromatic N) is 3. The molecule has 3 aromatic carbocycles. The summed E-state index contributed by atoms with van der Waals surface area (Å²) in [5, 5.41) is 3.50. The van der Waals surface area contributed by atoms with Crippen LogP contribution < -0.4 is 5.56 Å². The van der Waals surface area contributed by atoms with Crippen molar-refractivity contribution in [3.05, 3.63) is 106 Å². The van der Waals surface area contributed by atoms with Crippen LogP contribution in [0, 0.1) is 11.6 Å². The van der Waals surface area contributed by atoms with Crippen LogP contribution in [0.15, 0.2) is 88.1 Å². The van der Waals surface area contributed by atoms with Gasteiger partial charge in [-0.15, -0.1) is 11.3 Å². The number of halogens is 2. The molecule has 0 unspecified atom stereocenters. The van der Waals surface area contributed by atoms with Gasteiger partial charge in [-0.3, -0.25) is 9.36 Å². The normalized spacial score (nSPS) is 11.2. The summed E-state index contributed by atoms with van der Waals surface area (Å²) in [5.74, 6) is -0.355. The van der Waals surface area contributed by atoms with Crippen molar-refractivity contribution in [2.75, 3.05) is 0 Å². The molecule has 0 radical (unpaired) electrons. The van der Waals surface area contributed by atoms with Crippen LogP contribution in [0.5, 0.6) is 0 Å². The van der Waals surface area contributed by atoms with Gasteiger partial charge in [-0.2, -0.15) is 0 Å². The maximum Gasteiger partial charge on any atom is 0.266 e. The lowest BCUT2D eigenvalue weighted by Crippen LogP contribution is -2.22. The molecule has 4 nitrogen and oxygen atoms in total. The van der Waals surface area contributed by atoms with Crippen LogP contribution in [-0.4, -0.2) is 14.5 Å². The molecule has 0 fully saturated rings. The fraction of sp³-hybridized carbons (Fsp3) is 0.0417. The first-order valence-corrected chi connectivity index (χ1v) is 11.6. The zero-order valence-electron chi connectivity index (χ0n) is 16.5. The summed E-state index contributed by atoms with van der Waals surface area (Å²) in [6, 6.07) is 19.3. The summed E-state index contributed by atoms with van der Waals surface area (Å²) in [7, 11) is 0. The average molecular weight is 464 g/mol. The number of thiazole rings is 1. The van der Waals surface area contributed by atoms with Crippen LogP contribution in [0.2, 0.25) is 0 Å². The van der Waals surface area contributed by atoms with Crippen LogP contribution in [0.1, 0.15) is 5.69 Å². The highest BCUT2D eigenvalue weighted by Crippen LogP contribution is 2.29. The van der Waals surface area contributed by atoms with E-state index in [1.165, 1.54) is 45.9 Å². The van der Waals surface area contributed by atoms with E-state index in [0.717, 1.165) is 16.3 Å². The third-order valence-corrected chi connectivity index (χ3v) is 6.74. The number of benzene rings is 3. The van der Waals surface area contributed by atoms with Crippen LogP contribution in [-0.2, 0) is 5.75 Å². The van der Waals surface area contributed by atoms with E-state index in [1.54, 1.807) is 48.5 Å². The Labute approximate surface area is 190 Å². The van der Waals surface area contributed by atoms with E-state index in [-0.39, 0.29) is 17.1 Å². The Morgan fingerprint density at radius 2 is 1.66 bits per heavy atom. The van der Waals surface area contributed by atoms with Crippen LogP contribution >= 0.6 is 23.1 Å². The van der Waals surface area contributed by atoms with Gasteiger partial charge in [0.25, 0.3) is 5.56 Å². The van der Waals surface area contributed by atoms with Crippen molar-refractivity contribution >= 4 is 34.0 Å². The Bertz CT molecular complexity index is 1480. The van der Waals surface area contributed by atoms with Crippen molar-refractivity contribution in [1.82, 2.24) is 14.5 Å². The topological polar surface area (TPSA) is 47.8 Å².